The van der Waals surface area contributed by atoms with E-state index in [1.54, 1.807) is 7.11 Å². The number of methoxy groups -OCH3 is 1. The number of hydrogen-bond donors (Lipinski definition) is 2. The summed E-state index contributed by atoms with van der Waals surface area (Å²) < 4.78 is 5.17. The molecule has 2 N–H and O–H groups in total. The van der Waals surface area contributed by atoms with E-state index in [4.69, 9.17) is 4.74 Å². The predicted molar refractivity (Wildman–Crippen MR) is 124 cm³/mol. The minimum atomic E-state index is -0.0400. The van der Waals surface area contributed by atoms with Crippen molar-refractivity contribution in [2.24, 2.45) is 0 Å². The number of aromatic nitrogens is 1. The molecule has 6 heteroatoms. The summed E-state index contributed by atoms with van der Waals surface area (Å²) >= 11 is 0. The van der Waals surface area contributed by atoms with E-state index in [0.717, 1.165) is 61.5 Å². The zero-order chi connectivity index (χ0) is 20.9. The van der Waals surface area contributed by atoms with Crippen molar-refractivity contribution in [1.29, 1.82) is 0 Å². The summed E-state index contributed by atoms with van der Waals surface area (Å²) in [5.41, 5.74) is 5.02. The number of H-pyrrole nitrogens is 1. The number of fused-ring (bicyclic) bond motifs is 1. The Morgan fingerprint density at radius 3 is 2.53 bits per heavy atom. The quantitative estimate of drug-likeness (QED) is 0.631. The van der Waals surface area contributed by atoms with Crippen LogP contribution in [0.2, 0.25) is 0 Å². The van der Waals surface area contributed by atoms with Gasteiger partial charge in [0.2, 0.25) is 0 Å². The van der Waals surface area contributed by atoms with Crippen LogP contribution in [0.3, 0.4) is 0 Å². The summed E-state index contributed by atoms with van der Waals surface area (Å²) in [6.45, 7) is 8.53. The number of aromatic amines is 1. The van der Waals surface area contributed by atoms with Crippen LogP contribution in [0.5, 0.6) is 0 Å². The summed E-state index contributed by atoms with van der Waals surface area (Å²) in [6.07, 6.45) is 0. The summed E-state index contributed by atoms with van der Waals surface area (Å²) in [6, 6.07) is 16.5. The van der Waals surface area contributed by atoms with Gasteiger partial charge in [-0.3, -0.25) is 9.69 Å². The summed E-state index contributed by atoms with van der Waals surface area (Å²) in [7, 11) is 1.75. The maximum Gasteiger partial charge on any atom is 0.253 e. The van der Waals surface area contributed by atoms with Crippen LogP contribution in [0.1, 0.15) is 11.1 Å². The van der Waals surface area contributed by atoms with E-state index in [1.165, 1.54) is 11.3 Å². The van der Waals surface area contributed by atoms with E-state index in [9.17, 15) is 4.79 Å². The van der Waals surface area contributed by atoms with E-state index in [1.807, 2.05) is 18.2 Å². The molecule has 1 fully saturated rings. The molecular formula is C24H30N4O2. The Morgan fingerprint density at radius 2 is 1.80 bits per heavy atom. The predicted octanol–water partition coefficient (Wildman–Crippen LogP) is 3.22. The normalized spacial score (nSPS) is 14.9. The topological polar surface area (TPSA) is 60.6 Å². The van der Waals surface area contributed by atoms with Gasteiger partial charge >= 0.3 is 0 Å². The van der Waals surface area contributed by atoms with Gasteiger partial charge in [-0.2, -0.15) is 0 Å². The largest absolute Gasteiger partial charge is 0.383 e. The molecule has 2 heterocycles. The van der Waals surface area contributed by atoms with Crippen molar-refractivity contribution < 1.29 is 4.74 Å². The van der Waals surface area contributed by atoms with Crippen LogP contribution in [0, 0.1) is 6.92 Å². The second-order valence-electron chi connectivity index (χ2n) is 7.94. The minimum Gasteiger partial charge on any atom is -0.383 e. The van der Waals surface area contributed by atoms with Crippen LogP contribution in [-0.2, 0) is 11.3 Å². The first kappa shape index (κ1) is 20.4. The van der Waals surface area contributed by atoms with Crippen molar-refractivity contribution >= 4 is 22.3 Å². The Bertz CT molecular complexity index is 1040. The highest BCUT2D eigenvalue weighted by molar-refractivity contribution is 5.79. The van der Waals surface area contributed by atoms with Gasteiger partial charge in [-0.25, -0.2) is 0 Å². The van der Waals surface area contributed by atoms with Crippen LogP contribution >= 0.6 is 0 Å². The second kappa shape index (κ2) is 9.32. The first-order chi connectivity index (χ1) is 14.6. The first-order valence-corrected chi connectivity index (χ1v) is 10.5. The number of aryl methyl sites for hydroxylation is 1. The van der Waals surface area contributed by atoms with Crippen LogP contribution in [0.15, 0.2) is 53.3 Å². The molecule has 1 aromatic heterocycles. The lowest BCUT2D eigenvalue weighted by molar-refractivity contribution is 0.144. The van der Waals surface area contributed by atoms with Gasteiger partial charge in [0.15, 0.2) is 0 Å². The molecule has 0 amide bonds. The molecule has 3 aromatic rings. The monoisotopic (exact) mass is 406 g/mol. The summed E-state index contributed by atoms with van der Waals surface area (Å²) in [5.74, 6) is 0. The molecule has 1 aliphatic heterocycles. The second-order valence-corrected chi connectivity index (χ2v) is 7.94. The molecular weight excluding hydrogens is 376 g/mol. The molecule has 4 rings (SSSR count). The fourth-order valence-corrected chi connectivity index (χ4v) is 3.94. The lowest BCUT2D eigenvalue weighted by Gasteiger charge is -2.36. The van der Waals surface area contributed by atoms with E-state index < -0.39 is 0 Å². The lowest BCUT2D eigenvalue weighted by atomic mass is 10.1. The highest BCUT2D eigenvalue weighted by Crippen LogP contribution is 2.20. The molecule has 0 spiro atoms. The third-order valence-corrected chi connectivity index (χ3v) is 5.78. The first-order valence-electron chi connectivity index (χ1n) is 10.5. The molecule has 1 saturated heterocycles. The van der Waals surface area contributed by atoms with Crippen molar-refractivity contribution in [3.63, 3.8) is 0 Å². The van der Waals surface area contributed by atoms with E-state index in [2.05, 4.69) is 57.4 Å². The highest BCUT2D eigenvalue weighted by Gasteiger charge is 2.16. The molecule has 1 aliphatic rings. The smallest absolute Gasteiger partial charge is 0.253 e. The summed E-state index contributed by atoms with van der Waals surface area (Å²) in [4.78, 5) is 20.2. The molecule has 0 atom stereocenters. The molecule has 0 saturated carbocycles. The summed E-state index contributed by atoms with van der Waals surface area (Å²) in [5, 5.41) is 4.44. The van der Waals surface area contributed by atoms with Crippen molar-refractivity contribution in [3.8, 4) is 0 Å². The lowest BCUT2D eigenvalue weighted by Crippen LogP contribution is -2.47. The number of hydrogen-bond acceptors (Lipinski definition) is 5. The Morgan fingerprint density at radius 1 is 1.03 bits per heavy atom. The van der Waals surface area contributed by atoms with Gasteiger partial charge in [-0.15, -0.1) is 0 Å². The Kier molecular flexibility index (Phi) is 6.35. The maximum absolute atomic E-state index is 12.4. The number of nitrogens with one attached hydrogen (secondary N) is 2. The van der Waals surface area contributed by atoms with Crippen LogP contribution in [0.4, 0.5) is 11.4 Å². The standard InChI is InChI=1S/C24H30N4O2/c1-18-3-8-23-19(15-18)16-20(24(29)26-23)17-25-21-4-6-22(7-5-21)28-11-9-27(10-12-28)13-14-30-2/h3-8,15-16,25H,9-14,17H2,1-2H3,(H,26,29). The Balaban J connectivity index is 1.36. The van der Waals surface area contributed by atoms with Gasteiger partial charge in [-0.05, 0) is 54.8 Å². The number of anilines is 2. The third kappa shape index (κ3) is 4.83. The Hall–Kier alpha value is -2.83. The van der Waals surface area contributed by atoms with E-state index >= 15 is 0 Å². The van der Waals surface area contributed by atoms with Gasteiger partial charge in [0.25, 0.3) is 5.56 Å². The van der Waals surface area contributed by atoms with Gasteiger partial charge in [-0.1, -0.05) is 11.6 Å². The fourth-order valence-electron chi connectivity index (χ4n) is 3.94. The van der Waals surface area contributed by atoms with Crippen molar-refractivity contribution in [2.75, 3.05) is 56.7 Å². The van der Waals surface area contributed by atoms with Crippen molar-refractivity contribution in [1.82, 2.24) is 9.88 Å². The van der Waals surface area contributed by atoms with Crippen LogP contribution < -0.4 is 15.8 Å². The molecule has 0 unspecified atom stereocenters. The van der Waals surface area contributed by atoms with E-state index in [0.29, 0.717) is 6.54 Å². The Labute approximate surface area is 177 Å². The number of benzene rings is 2. The van der Waals surface area contributed by atoms with Crippen LogP contribution in [-0.4, -0.2) is 56.3 Å². The molecule has 6 nitrogen and oxygen atoms in total. The van der Waals surface area contributed by atoms with Gasteiger partial charge in [0, 0.05) is 68.8 Å². The SMILES string of the molecule is COCCN1CCN(c2ccc(NCc3cc4cc(C)ccc4[nH]c3=O)cc2)CC1. The third-order valence-electron chi connectivity index (χ3n) is 5.78. The fraction of sp³-hybridized carbons (Fsp3) is 0.375. The number of pyridine rings is 1. The zero-order valence-corrected chi connectivity index (χ0v) is 17.8. The molecule has 30 heavy (non-hydrogen) atoms. The number of rotatable bonds is 7. The molecule has 0 aliphatic carbocycles. The molecule has 0 bridgehead atoms. The van der Waals surface area contributed by atoms with Crippen LogP contribution in [0.25, 0.3) is 10.9 Å². The maximum atomic E-state index is 12.4. The van der Waals surface area contributed by atoms with Crippen molar-refractivity contribution in [2.45, 2.75) is 13.5 Å². The number of nitrogens with zero attached hydrogens (tertiary/aromatic N) is 2. The molecule has 0 radical (unpaired) electrons. The number of piperazine rings is 1. The van der Waals surface area contributed by atoms with Gasteiger partial charge in [0.05, 0.1) is 6.61 Å². The van der Waals surface area contributed by atoms with E-state index in [-0.39, 0.29) is 5.56 Å². The zero-order valence-electron chi connectivity index (χ0n) is 17.8. The van der Waals surface area contributed by atoms with Gasteiger partial charge < -0.3 is 19.9 Å². The molecule has 2 aromatic carbocycles. The highest BCUT2D eigenvalue weighted by atomic mass is 16.5. The van der Waals surface area contributed by atoms with Crippen molar-refractivity contribution in [3.05, 3.63) is 70.0 Å². The minimum absolute atomic E-state index is 0.0400. The average molecular weight is 407 g/mol. The van der Waals surface area contributed by atoms with Gasteiger partial charge in [0.1, 0.15) is 0 Å². The number of ether oxygens (including phenoxy) is 1. The molecule has 158 valence electrons. The average Bonchev–Trinajstić information content (AvgIpc) is 2.77.